The lowest BCUT2D eigenvalue weighted by Gasteiger charge is -2.08. The van der Waals surface area contributed by atoms with Crippen LogP contribution in [0, 0.1) is 0 Å². The fraction of sp³-hybridized carbons (Fsp3) is 0.0833. The van der Waals surface area contributed by atoms with E-state index in [9.17, 15) is 4.79 Å². The Hall–Kier alpha value is -3.66. The summed E-state index contributed by atoms with van der Waals surface area (Å²) in [6, 6.07) is 27.2. The number of nitrogens with zero attached hydrogens (tertiary/aromatic N) is 1. The van der Waals surface area contributed by atoms with Gasteiger partial charge in [0.2, 0.25) is 5.89 Å². The van der Waals surface area contributed by atoms with E-state index in [-0.39, 0.29) is 5.91 Å². The number of amides is 1. The van der Waals surface area contributed by atoms with E-state index >= 15 is 0 Å². The summed E-state index contributed by atoms with van der Waals surface area (Å²) in [5, 5.41) is 2.99. The Bertz CT molecular complexity index is 1060. The normalized spacial score (nSPS) is 10.6. The predicted molar refractivity (Wildman–Crippen MR) is 110 cm³/mol. The van der Waals surface area contributed by atoms with Crippen LogP contribution in [0.25, 0.3) is 22.8 Å². The van der Waals surface area contributed by atoms with Gasteiger partial charge in [-0.1, -0.05) is 72.8 Å². The third-order valence-corrected chi connectivity index (χ3v) is 4.51. The van der Waals surface area contributed by atoms with Crippen molar-refractivity contribution in [2.24, 2.45) is 0 Å². The molecule has 0 spiro atoms. The number of hydrogen-bond donors (Lipinski definition) is 1. The summed E-state index contributed by atoms with van der Waals surface area (Å²) in [6.45, 7) is 0.567. The van der Waals surface area contributed by atoms with Crippen molar-refractivity contribution in [2.75, 3.05) is 6.54 Å². The van der Waals surface area contributed by atoms with Gasteiger partial charge in [0.1, 0.15) is 0 Å². The molecule has 4 nitrogen and oxygen atoms in total. The van der Waals surface area contributed by atoms with E-state index in [1.165, 1.54) is 5.56 Å². The minimum atomic E-state index is -0.133. The van der Waals surface area contributed by atoms with Gasteiger partial charge >= 0.3 is 0 Å². The van der Waals surface area contributed by atoms with Crippen LogP contribution >= 0.6 is 0 Å². The molecule has 0 saturated heterocycles. The summed E-state index contributed by atoms with van der Waals surface area (Å²) in [7, 11) is 0. The molecule has 4 aromatic rings. The lowest BCUT2D eigenvalue weighted by atomic mass is 10.1. The van der Waals surface area contributed by atoms with Gasteiger partial charge in [-0.3, -0.25) is 4.79 Å². The molecule has 0 fully saturated rings. The Morgan fingerprint density at radius 2 is 1.54 bits per heavy atom. The first kappa shape index (κ1) is 17.7. The van der Waals surface area contributed by atoms with Gasteiger partial charge in [0.05, 0.1) is 11.8 Å². The van der Waals surface area contributed by atoms with Crippen molar-refractivity contribution in [3.05, 3.63) is 102 Å². The average Bonchev–Trinajstić information content (AvgIpc) is 3.25. The maximum absolute atomic E-state index is 12.7. The molecular weight excluding hydrogens is 348 g/mol. The quantitative estimate of drug-likeness (QED) is 0.522. The second-order valence-electron chi connectivity index (χ2n) is 6.43. The summed E-state index contributed by atoms with van der Waals surface area (Å²) in [6.07, 6.45) is 2.47. The number of benzene rings is 3. The minimum absolute atomic E-state index is 0.133. The molecule has 0 aliphatic rings. The van der Waals surface area contributed by atoms with E-state index < -0.39 is 0 Å². The van der Waals surface area contributed by atoms with Gasteiger partial charge in [-0.15, -0.1) is 0 Å². The molecule has 0 unspecified atom stereocenters. The molecule has 1 N–H and O–H groups in total. The fourth-order valence-electron chi connectivity index (χ4n) is 3.06. The monoisotopic (exact) mass is 368 g/mol. The van der Waals surface area contributed by atoms with Gasteiger partial charge in [-0.25, -0.2) is 4.98 Å². The van der Waals surface area contributed by atoms with Crippen LogP contribution in [-0.4, -0.2) is 17.4 Å². The number of carbonyl (C=O) groups is 1. The van der Waals surface area contributed by atoms with Crippen molar-refractivity contribution in [1.29, 1.82) is 0 Å². The van der Waals surface area contributed by atoms with E-state index in [0.717, 1.165) is 12.0 Å². The molecule has 28 heavy (non-hydrogen) atoms. The van der Waals surface area contributed by atoms with Crippen molar-refractivity contribution in [3.63, 3.8) is 0 Å². The third-order valence-electron chi connectivity index (χ3n) is 4.51. The highest BCUT2D eigenvalue weighted by molar-refractivity contribution is 6.00. The Morgan fingerprint density at radius 3 is 2.32 bits per heavy atom. The summed E-state index contributed by atoms with van der Waals surface area (Å²) in [5.74, 6) is 0.980. The van der Waals surface area contributed by atoms with Gasteiger partial charge in [0.15, 0.2) is 5.76 Å². The van der Waals surface area contributed by atoms with Gasteiger partial charge in [0.25, 0.3) is 5.91 Å². The number of rotatable bonds is 6. The first-order valence-electron chi connectivity index (χ1n) is 9.24. The zero-order valence-corrected chi connectivity index (χ0v) is 15.3. The maximum Gasteiger partial charge on any atom is 0.252 e. The summed E-state index contributed by atoms with van der Waals surface area (Å²) in [5.41, 5.74) is 3.38. The van der Waals surface area contributed by atoms with Crippen LogP contribution in [0.1, 0.15) is 15.9 Å². The molecule has 0 saturated carbocycles. The zero-order valence-electron chi connectivity index (χ0n) is 15.3. The Balaban J connectivity index is 1.51. The molecule has 0 aliphatic heterocycles. The van der Waals surface area contributed by atoms with Crippen molar-refractivity contribution in [3.8, 4) is 22.8 Å². The highest BCUT2D eigenvalue weighted by atomic mass is 16.4. The van der Waals surface area contributed by atoms with E-state index in [2.05, 4.69) is 22.4 Å². The van der Waals surface area contributed by atoms with Crippen LogP contribution in [0.4, 0.5) is 0 Å². The molecule has 1 heterocycles. The number of oxazole rings is 1. The second kappa shape index (κ2) is 8.35. The molecule has 4 heteroatoms. The molecule has 0 atom stereocenters. The average molecular weight is 368 g/mol. The van der Waals surface area contributed by atoms with Crippen molar-refractivity contribution < 1.29 is 9.21 Å². The molecule has 0 radical (unpaired) electrons. The SMILES string of the molecule is O=C(NCCc1ccccc1)c1ccccc1-c1ncc(-c2ccccc2)o1. The molecule has 0 bridgehead atoms. The van der Waals surface area contributed by atoms with Crippen LogP contribution in [-0.2, 0) is 6.42 Å². The largest absolute Gasteiger partial charge is 0.436 e. The Labute approximate surface area is 163 Å². The van der Waals surface area contributed by atoms with Crippen molar-refractivity contribution in [1.82, 2.24) is 10.3 Å². The number of carbonyl (C=O) groups excluding carboxylic acids is 1. The van der Waals surface area contributed by atoms with Crippen molar-refractivity contribution in [2.45, 2.75) is 6.42 Å². The number of hydrogen-bond acceptors (Lipinski definition) is 3. The smallest absolute Gasteiger partial charge is 0.252 e. The van der Waals surface area contributed by atoms with Crippen LogP contribution in [0.15, 0.2) is 95.5 Å². The zero-order chi connectivity index (χ0) is 19.2. The lowest BCUT2D eigenvalue weighted by Crippen LogP contribution is -2.26. The fourth-order valence-corrected chi connectivity index (χ4v) is 3.06. The van der Waals surface area contributed by atoms with Gasteiger partial charge in [0, 0.05) is 17.7 Å². The molecule has 1 amide bonds. The van der Waals surface area contributed by atoms with Gasteiger partial charge < -0.3 is 9.73 Å². The molecule has 1 aromatic heterocycles. The van der Waals surface area contributed by atoms with Crippen LogP contribution < -0.4 is 5.32 Å². The lowest BCUT2D eigenvalue weighted by molar-refractivity contribution is 0.0954. The Morgan fingerprint density at radius 1 is 0.857 bits per heavy atom. The van der Waals surface area contributed by atoms with Gasteiger partial charge in [-0.05, 0) is 24.1 Å². The summed E-state index contributed by atoms with van der Waals surface area (Å²) in [4.78, 5) is 17.1. The molecule has 138 valence electrons. The molecule has 4 rings (SSSR count). The topological polar surface area (TPSA) is 55.1 Å². The molecular formula is C24H20N2O2. The maximum atomic E-state index is 12.7. The third kappa shape index (κ3) is 4.01. The van der Waals surface area contributed by atoms with Crippen molar-refractivity contribution >= 4 is 5.91 Å². The first-order valence-corrected chi connectivity index (χ1v) is 9.24. The highest BCUT2D eigenvalue weighted by Crippen LogP contribution is 2.28. The standard InChI is InChI=1S/C24H20N2O2/c27-23(25-16-15-18-9-3-1-4-10-18)20-13-7-8-14-21(20)24-26-17-22(28-24)19-11-5-2-6-12-19/h1-14,17H,15-16H2,(H,25,27). The number of aromatic nitrogens is 1. The van der Waals surface area contributed by atoms with E-state index in [1.807, 2.05) is 66.7 Å². The summed E-state index contributed by atoms with van der Waals surface area (Å²) < 4.78 is 5.93. The second-order valence-corrected chi connectivity index (χ2v) is 6.43. The minimum Gasteiger partial charge on any atom is -0.436 e. The van der Waals surface area contributed by atoms with Crippen LogP contribution in [0.2, 0.25) is 0 Å². The Kier molecular flexibility index (Phi) is 5.29. The van der Waals surface area contributed by atoms with E-state index in [4.69, 9.17) is 4.42 Å². The first-order chi connectivity index (χ1) is 13.8. The summed E-state index contributed by atoms with van der Waals surface area (Å²) >= 11 is 0. The molecule has 0 aliphatic carbocycles. The van der Waals surface area contributed by atoms with E-state index in [1.54, 1.807) is 12.3 Å². The predicted octanol–water partition coefficient (Wildman–Crippen LogP) is 4.98. The number of nitrogens with one attached hydrogen (secondary N) is 1. The molecule has 3 aromatic carbocycles. The van der Waals surface area contributed by atoms with Crippen LogP contribution in [0.5, 0.6) is 0 Å². The van der Waals surface area contributed by atoms with Gasteiger partial charge in [-0.2, -0.15) is 0 Å². The highest BCUT2D eigenvalue weighted by Gasteiger charge is 2.16. The van der Waals surface area contributed by atoms with Crippen LogP contribution in [0.3, 0.4) is 0 Å². The van der Waals surface area contributed by atoms with E-state index in [0.29, 0.717) is 29.3 Å².